The maximum Gasteiger partial charge on any atom is 0.269 e. The van der Waals surface area contributed by atoms with Gasteiger partial charge in [-0.3, -0.25) is 20.3 Å². The molecule has 3 N–H and O–H groups in total. The molecule has 0 heterocycles. The minimum atomic E-state index is -0.591. The second-order valence-corrected chi connectivity index (χ2v) is 6.04. The predicted octanol–water partition coefficient (Wildman–Crippen LogP) is 3.07. The van der Waals surface area contributed by atoms with Crippen LogP contribution in [0, 0.1) is 10.1 Å². The summed E-state index contributed by atoms with van der Waals surface area (Å²) in [4.78, 5) is 21.1. The molecule has 2 aromatic carbocycles. The lowest BCUT2D eigenvalue weighted by Gasteiger charge is -2.13. The molecular weight excluding hydrogens is 420 g/mol. The van der Waals surface area contributed by atoms with E-state index in [0.29, 0.717) is 33.8 Å². The molecule has 0 radical (unpaired) electrons. The number of nitrogens with one attached hydrogen (secondary N) is 1. The highest BCUT2D eigenvalue weighted by molar-refractivity contribution is 9.10. The van der Waals surface area contributed by atoms with E-state index >= 15 is 0 Å². The maximum atomic E-state index is 10.9. The van der Waals surface area contributed by atoms with E-state index in [1.165, 1.54) is 12.1 Å². The van der Waals surface area contributed by atoms with E-state index in [1.54, 1.807) is 30.5 Å². The Balaban J connectivity index is 2.14. The van der Waals surface area contributed by atoms with Gasteiger partial charge in [0.2, 0.25) is 0 Å². The monoisotopic (exact) mass is 436 g/mol. The zero-order chi connectivity index (χ0) is 19.8. The minimum absolute atomic E-state index is 0.000167. The Kier molecular flexibility index (Phi) is 7.12. The van der Waals surface area contributed by atoms with Crippen LogP contribution in [0.3, 0.4) is 0 Å². The van der Waals surface area contributed by atoms with Crippen molar-refractivity contribution < 1.29 is 19.2 Å². The summed E-state index contributed by atoms with van der Waals surface area (Å²) >= 11 is 3.41. The van der Waals surface area contributed by atoms with Gasteiger partial charge in [0.25, 0.3) is 11.6 Å². The molecule has 2 aromatic rings. The van der Waals surface area contributed by atoms with Crippen molar-refractivity contribution in [2.45, 2.75) is 6.92 Å². The minimum Gasteiger partial charge on any atom is -0.490 e. The van der Waals surface area contributed by atoms with Gasteiger partial charge in [-0.25, -0.2) is 0 Å². The third-order valence-electron chi connectivity index (χ3n) is 3.21. The van der Waals surface area contributed by atoms with Crippen molar-refractivity contribution >= 4 is 39.4 Å². The number of nitro benzene ring substituents is 1. The maximum absolute atomic E-state index is 10.9. The highest BCUT2D eigenvalue weighted by atomic mass is 79.9. The number of nitro groups is 1. The number of hydrogen-bond donors (Lipinski definition) is 2. The van der Waals surface area contributed by atoms with Crippen LogP contribution in [0.25, 0.3) is 0 Å². The lowest BCUT2D eigenvalue weighted by Crippen LogP contribution is -2.20. The molecule has 0 aromatic heterocycles. The first-order valence-electron chi connectivity index (χ1n) is 7.81. The number of amides is 1. The second kappa shape index (κ2) is 9.53. The molecule has 0 saturated heterocycles. The fourth-order valence-corrected chi connectivity index (χ4v) is 2.44. The van der Waals surface area contributed by atoms with Crippen LogP contribution in [0.4, 0.5) is 11.4 Å². The summed E-state index contributed by atoms with van der Waals surface area (Å²) in [5.74, 6) is 0.230. The van der Waals surface area contributed by atoms with Gasteiger partial charge in [-0.05, 0) is 47.1 Å². The van der Waals surface area contributed by atoms with E-state index in [1.807, 2.05) is 6.92 Å². The van der Waals surface area contributed by atoms with Crippen molar-refractivity contribution in [3.05, 3.63) is 56.5 Å². The summed E-state index contributed by atoms with van der Waals surface area (Å²) in [6.07, 6.45) is 1.55. The molecule has 0 aliphatic heterocycles. The van der Waals surface area contributed by atoms with E-state index < -0.39 is 10.8 Å². The Labute approximate surface area is 163 Å². The SMILES string of the molecule is CCOc1cc(/C=N/Nc2ccc([N+](=O)[O-])cc2)c(Br)cc1OCC(N)=O. The van der Waals surface area contributed by atoms with Crippen LogP contribution in [0.15, 0.2) is 46.0 Å². The first-order chi connectivity index (χ1) is 12.9. The van der Waals surface area contributed by atoms with Crippen LogP contribution < -0.4 is 20.6 Å². The molecule has 2 rings (SSSR count). The number of halogens is 1. The van der Waals surface area contributed by atoms with Crippen LogP contribution in [0.5, 0.6) is 11.5 Å². The molecule has 0 spiro atoms. The van der Waals surface area contributed by atoms with Gasteiger partial charge in [0.05, 0.1) is 23.4 Å². The summed E-state index contributed by atoms with van der Waals surface area (Å²) in [7, 11) is 0. The summed E-state index contributed by atoms with van der Waals surface area (Å²) in [6.45, 7) is 1.97. The smallest absolute Gasteiger partial charge is 0.269 e. The molecule has 9 nitrogen and oxygen atoms in total. The van der Waals surface area contributed by atoms with Crippen LogP contribution in [-0.4, -0.2) is 30.3 Å². The number of ether oxygens (including phenoxy) is 2. The number of nitrogens with zero attached hydrogens (tertiary/aromatic N) is 2. The molecule has 0 unspecified atom stereocenters. The number of anilines is 1. The van der Waals surface area contributed by atoms with E-state index in [2.05, 4.69) is 26.5 Å². The van der Waals surface area contributed by atoms with E-state index in [9.17, 15) is 14.9 Å². The molecule has 0 atom stereocenters. The third kappa shape index (κ3) is 5.96. The Morgan fingerprint density at radius 3 is 2.56 bits per heavy atom. The summed E-state index contributed by atoms with van der Waals surface area (Å²) in [5, 5.41) is 14.8. The van der Waals surface area contributed by atoms with Crippen LogP contribution in [0.2, 0.25) is 0 Å². The van der Waals surface area contributed by atoms with Crippen molar-refractivity contribution in [1.29, 1.82) is 0 Å². The van der Waals surface area contributed by atoms with Crippen molar-refractivity contribution in [3.63, 3.8) is 0 Å². The average Bonchev–Trinajstić information content (AvgIpc) is 2.63. The second-order valence-electron chi connectivity index (χ2n) is 5.18. The van der Waals surface area contributed by atoms with E-state index in [-0.39, 0.29) is 12.3 Å². The zero-order valence-corrected chi connectivity index (χ0v) is 15.9. The van der Waals surface area contributed by atoms with Crippen LogP contribution >= 0.6 is 15.9 Å². The Morgan fingerprint density at radius 2 is 1.96 bits per heavy atom. The summed E-state index contributed by atoms with van der Waals surface area (Å²) in [5.41, 5.74) is 9.17. The molecule has 10 heteroatoms. The van der Waals surface area contributed by atoms with Gasteiger partial charge in [0, 0.05) is 22.2 Å². The van der Waals surface area contributed by atoms with Crippen molar-refractivity contribution in [3.8, 4) is 11.5 Å². The molecular formula is C17H17BrN4O5. The largest absolute Gasteiger partial charge is 0.490 e. The standard InChI is InChI=1S/C17H17BrN4O5/c1-2-26-15-7-11(14(18)8-16(15)27-10-17(19)23)9-20-21-12-3-5-13(6-4-12)22(24)25/h3-9,21H,2,10H2,1H3,(H2,19,23)/b20-9+. The topological polar surface area (TPSA) is 129 Å². The fourth-order valence-electron chi connectivity index (χ4n) is 2.01. The van der Waals surface area contributed by atoms with Gasteiger partial charge in [0.1, 0.15) is 0 Å². The fraction of sp³-hybridized carbons (Fsp3) is 0.176. The Hall–Kier alpha value is -3.14. The number of benzene rings is 2. The number of carbonyl (C=O) groups excluding carboxylic acids is 1. The number of carbonyl (C=O) groups is 1. The highest BCUT2D eigenvalue weighted by Gasteiger charge is 2.11. The lowest BCUT2D eigenvalue weighted by atomic mass is 10.2. The molecule has 0 aliphatic carbocycles. The van der Waals surface area contributed by atoms with E-state index in [4.69, 9.17) is 15.2 Å². The first kappa shape index (κ1) is 20.2. The van der Waals surface area contributed by atoms with E-state index in [0.717, 1.165) is 0 Å². The summed E-state index contributed by atoms with van der Waals surface area (Å²) < 4.78 is 11.5. The van der Waals surface area contributed by atoms with Gasteiger partial charge < -0.3 is 15.2 Å². The zero-order valence-electron chi connectivity index (χ0n) is 14.3. The van der Waals surface area contributed by atoms with Gasteiger partial charge in [-0.15, -0.1) is 0 Å². The average molecular weight is 437 g/mol. The number of primary amides is 1. The number of rotatable bonds is 9. The van der Waals surface area contributed by atoms with Crippen LogP contribution in [-0.2, 0) is 4.79 Å². The molecule has 27 heavy (non-hydrogen) atoms. The Morgan fingerprint density at radius 1 is 1.30 bits per heavy atom. The van der Waals surface area contributed by atoms with Gasteiger partial charge >= 0.3 is 0 Å². The lowest BCUT2D eigenvalue weighted by molar-refractivity contribution is -0.384. The molecule has 0 fully saturated rings. The van der Waals surface area contributed by atoms with Crippen molar-refractivity contribution in [1.82, 2.24) is 0 Å². The predicted molar refractivity (Wildman–Crippen MR) is 104 cm³/mol. The van der Waals surface area contributed by atoms with Crippen LogP contribution in [0.1, 0.15) is 12.5 Å². The molecule has 0 saturated carbocycles. The van der Waals surface area contributed by atoms with Gasteiger partial charge in [0.15, 0.2) is 18.1 Å². The normalized spacial score (nSPS) is 10.6. The van der Waals surface area contributed by atoms with Gasteiger partial charge in [-0.2, -0.15) is 5.10 Å². The summed E-state index contributed by atoms with van der Waals surface area (Å²) in [6, 6.07) is 9.22. The third-order valence-corrected chi connectivity index (χ3v) is 3.89. The number of nitrogens with two attached hydrogens (primary N) is 1. The van der Waals surface area contributed by atoms with Crippen molar-refractivity contribution in [2.75, 3.05) is 18.6 Å². The number of hydrogen-bond acceptors (Lipinski definition) is 7. The molecule has 142 valence electrons. The molecule has 0 bridgehead atoms. The van der Waals surface area contributed by atoms with Gasteiger partial charge in [-0.1, -0.05) is 0 Å². The first-order valence-corrected chi connectivity index (χ1v) is 8.61. The molecule has 0 aliphatic rings. The quantitative estimate of drug-likeness (QED) is 0.353. The van der Waals surface area contributed by atoms with Crippen molar-refractivity contribution in [2.24, 2.45) is 10.8 Å². The highest BCUT2D eigenvalue weighted by Crippen LogP contribution is 2.33. The Bertz CT molecular complexity index is 855. The number of hydrazone groups is 1. The molecule has 1 amide bonds. The number of non-ortho nitro benzene ring substituents is 1.